The van der Waals surface area contributed by atoms with Crippen molar-refractivity contribution in [2.75, 3.05) is 13.1 Å². The molecule has 0 bridgehead atoms. The fourth-order valence-electron chi connectivity index (χ4n) is 3.35. The highest BCUT2D eigenvalue weighted by atomic mass is 19.1. The summed E-state index contributed by atoms with van der Waals surface area (Å²) in [6.07, 6.45) is 7.35. The van der Waals surface area contributed by atoms with E-state index in [2.05, 4.69) is 4.98 Å². The maximum atomic E-state index is 14.1. The number of amides is 2. The molecule has 0 spiro atoms. The lowest BCUT2D eigenvalue weighted by atomic mass is 9.90. The molecule has 1 aliphatic rings. The van der Waals surface area contributed by atoms with Crippen molar-refractivity contribution in [3.8, 4) is 0 Å². The van der Waals surface area contributed by atoms with E-state index in [0.717, 1.165) is 18.9 Å². The highest BCUT2D eigenvalue weighted by molar-refractivity contribution is 5.92. The molecule has 3 rings (SSSR count). The van der Waals surface area contributed by atoms with Gasteiger partial charge in [0.2, 0.25) is 5.91 Å². The molecule has 2 amide bonds. The summed E-state index contributed by atoms with van der Waals surface area (Å²) < 4.78 is 14.1. The van der Waals surface area contributed by atoms with E-state index < -0.39 is 5.91 Å². The van der Waals surface area contributed by atoms with Gasteiger partial charge in [-0.25, -0.2) is 14.9 Å². The largest absolute Gasteiger partial charge is 0.339 e. The lowest BCUT2D eigenvalue weighted by molar-refractivity contribution is -0.127. The first kappa shape index (κ1) is 20.4. The topological polar surface area (TPSA) is 82.5 Å². The van der Waals surface area contributed by atoms with Crippen molar-refractivity contribution >= 4 is 24.0 Å². The Hall–Kier alpha value is -3.32. The van der Waals surface area contributed by atoms with Crippen LogP contribution in [0.5, 0.6) is 0 Å². The van der Waals surface area contributed by atoms with Crippen molar-refractivity contribution < 1.29 is 19.2 Å². The number of aromatic nitrogens is 1. The first-order valence-corrected chi connectivity index (χ1v) is 9.37. The highest BCUT2D eigenvalue weighted by Gasteiger charge is 2.25. The van der Waals surface area contributed by atoms with E-state index in [0.29, 0.717) is 30.0 Å². The summed E-state index contributed by atoms with van der Waals surface area (Å²) in [6.45, 7) is 1.12. The molecule has 1 fully saturated rings. The van der Waals surface area contributed by atoms with Crippen molar-refractivity contribution in [3.63, 3.8) is 0 Å². The quantitative estimate of drug-likeness (QED) is 0.463. The van der Waals surface area contributed by atoms with E-state index in [1.165, 1.54) is 23.7 Å². The zero-order chi connectivity index (χ0) is 20.6. The molecule has 1 saturated heterocycles. The Kier molecular flexibility index (Phi) is 6.86. The molecule has 1 aliphatic heterocycles. The molecule has 1 aromatic carbocycles. The number of halogens is 1. The molecule has 150 valence electrons. The normalized spacial score (nSPS) is 17.0. The van der Waals surface area contributed by atoms with Crippen LogP contribution in [0.4, 0.5) is 4.39 Å². The van der Waals surface area contributed by atoms with Gasteiger partial charge in [0.15, 0.2) is 0 Å². The number of nitrogens with one attached hydrogen (secondary N) is 1. The minimum atomic E-state index is -0.655. The molecule has 0 aliphatic carbocycles. The third-order valence-electron chi connectivity index (χ3n) is 4.78. The van der Waals surface area contributed by atoms with Crippen molar-refractivity contribution in [2.24, 2.45) is 0 Å². The first-order chi connectivity index (χ1) is 14.1. The summed E-state index contributed by atoms with van der Waals surface area (Å²) in [5.41, 5.74) is 3.24. The fourth-order valence-corrected chi connectivity index (χ4v) is 3.35. The monoisotopic (exact) mass is 395 g/mol. The smallest absolute Gasteiger partial charge is 0.267 e. The molecule has 6 nitrogen and oxygen atoms in total. The van der Waals surface area contributed by atoms with Gasteiger partial charge in [0, 0.05) is 31.2 Å². The SMILES string of the molecule is O=C(/C=C/c1cccc(/C=C/C(=O)N2CCCC(c3ccccc3F)C2)n1)NO. The Morgan fingerprint density at radius 3 is 2.55 bits per heavy atom. The third-order valence-corrected chi connectivity index (χ3v) is 4.78. The fraction of sp³-hybridized carbons (Fsp3) is 0.227. The molecule has 1 unspecified atom stereocenters. The number of likely N-dealkylation sites (tertiary alicyclic amines) is 1. The Morgan fingerprint density at radius 1 is 1.10 bits per heavy atom. The van der Waals surface area contributed by atoms with Crippen molar-refractivity contribution in [2.45, 2.75) is 18.8 Å². The van der Waals surface area contributed by atoms with Gasteiger partial charge >= 0.3 is 0 Å². The second-order valence-electron chi connectivity index (χ2n) is 6.77. The number of carbonyl (C=O) groups is 2. The van der Waals surface area contributed by atoms with Crippen LogP contribution in [0.25, 0.3) is 12.2 Å². The van der Waals surface area contributed by atoms with Gasteiger partial charge in [-0.3, -0.25) is 14.8 Å². The van der Waals surface area contributed by atoms with Crippen LogP contribution < -0.4 is 5.48 Å². The molecule has 1 atom stereocenters. The molecule has 0 saturated carbocycles. The van der Waals surface area contributed by atoms with E-state index >= 15 is 0 Å². The van der Waals surface area contributed by atoms with E-state index in [-0.39, 0.29) is 17.6 Å². The summed E-state index contributed by atoms with van der Waals surface area (Å²) in [4.78, 5) is 29.7. The summed E-state index contributed by atoms with van der Waals surface area (Å²) in [7, 11) is 0. The van der Waals surface area contributed by atoms with Gasteiger partial charge in [-0.15, -0.1) is 0 Å². The van der Waals surface area contributed by atoms with Crippen molar-refractivity contribution in [3.05, 3.63) is 77.4 Å². The predicted molar refractivity (Wildman–Crippen MR) is 107 cm³/mol. The second kappa shape index (κ2) is 9.75. The average molecular weight is 395 g/mol. The summed E-state index contributed by atoms with van der Waals surface area (Å²) in [5, 5.41) is 8.50. The molecule has 29 heavy (non-hydrogen) atoms. The third kappa shape index (κ3) is 5.58. The van der Waals surface area contributed by atoms with Crippen LogP contribution >= 0.6 is 0 Å². The van der Waals surface area contributed by atoms with Gasteiger partial charge in [0.1, 0.15) is 5.82 Å². The predicted octanol–water partition coefficient (Wildman–Crippen LogP) is 3.16. The van der Waals surface area contributed by atoms with E-state index in [4.69, 9.17) is 5.21 Å². The molecule has 2 heterocycles. The Bertz CT molecular complexity index is 942. The maximum absolute atomic E-state index is 14.1. The van der Waals surface area contributed by atoms with Gasteiger partial charge in [-0.2, -0.15) is 0 Å². The van der Waals surface area contributed by atoms with Gasteiger partial charge < -0.3 is 4.90 Å². The first-order valence-electron chi connectivity index (χ1n) is 9.37. The summed E-state index contributed by atoms with van der Waals surface area (Å²) in [5.74, 6) is -1.04. The van der Waals surface area contributed by atoms with Crippen LogP contribution in [0, 0.1) is 5.82 Å². The molecular formula is C22H22FN3O3. The van der Waals surface area contributed by atoms with E-state index in [1.54, 1.807) is 41.3 Å². The molecule has 7 heteroatoms. The molecule has 0 radical (unpaired) electrons. The van der Waals surface area contributed by atoms with Crippen molar-refractivity contribution in [1.29, 1.82) is 0 Å². The number of piperidine rings is 1. The lowest BCUT2D eigenvalue weighted by Gasteiger charge is -2.32. The van der Waals surface area contributed by atoms with Crippen LogP contribution in [0.2, 0.25) is 0 Å². The average Bonchev–Trinajstić information content (AvgIpc) is 2.76. The number of pyridine rings is 1. The Balaban J connectivity index is 1.65. The van der Waals surface area contributed by atoms with Crippen molar-refractivity contribution in [1.82, 2.24) is 15.4 Å². The van der Waals surface area contributed by atoms with Crippen LogP contribution in [-0.2, 0) is 9.59 Å². The Labute approximate surface area is 168 Å². The lowest BCUT2D eigenvalue weighted by Crippen LogP contribution is -2.38. The number of hydroxylamine groups is 1. The van der Waals surface area contributed by atoms with E-state index in [1.807, 2.05) is 6.07 Å². The number of hydrogen-bond donors (Lipinski definition) is 2. The Morgan fingerprint density at radius 2 is 1.83 bits per heavy atom. The summed E-state index contributed by atoms with van der Waals surface area (Å²) >= 11 is 0. The van der Waals surface area contributed by atoms with Crippen LogP contribution in [0.3, 0.4) is 0 Å². The van der Waals surface area contributed by atoms with Gasteiger partial charge in [0.25, 0.3) is 5.91 Å². The van der Waals surface area contributed by atoms with Gasteiger partial charge in [-0.05, 0) is 48.8 Å². The van der Waals surface area contributed by atoms with E-state index in [9.17, 15) is 14.0 Å². The van der Waals surface area contributed by atoms with Gasteiger partial charge in [-0.1, -0.05) is 24.3 Å². The van der Waals surface area contributed by atoms with Crippen LogP contribution in [0.15, 0.2) is 54.6 Å². The van der Waals surface area contributed by atoms with Crippen LogP contribution in [0.1, 0.15) is 35.7 Å². The minimum absolute atomic E-state index is 0.00781. The number of benzene rings is 1. The van der Waals surface area contributed by atoms with Crippen LogP contribution in [-0.4, -0.2) is 40.0 Å². The number of hydrogen-bond acceptors (Lipinski definition) is 4. The standard InChI is InChI=1S/C22H22FN3O3/c23-20-9-2-1-8-19(20)16-5-4-14-26(15-16)22(28)13-11-18-7-3-6-17(24-18)10-12-21(27)25-29/h1-3,6-13,16,29H,4-5,14-15H2,(H,25,27)/b12-10+,13-11+. The molecular weight excluding hydrogens is 373 g/mol. The maximum Gasteiger partial charge on any atom is 0.267 e. The molecule has 1 aromatic heterocycles. The molecule has 2 N–H and O–H groups in total. The number of nitrogens with zero attached hydrogens (tertiary/aromatic N) is 2. The minimum Gasteiger partial charge on any atom is -0.339 e. The zero-order valence-electron chi connectivity index (χ0n) is 15.8. The number of carbonyl (C=O) groups excluding carboxylic acids is 2. The highest BCUT2D eigenvalue weighted by Crippen LogP contribution is 2.28. The summed E-state index contributed by atoms with van der Waals surface area (Å²) in [6, 6.07) is 11.9. The zero-order valence-corrected chi connectivity index (χ0v) is 15.8. The number of rotatable bonds is 5. The second-order valence-corrected chi connectivity index (χ2v) is 6.77. The van der Waals surface area contributed by atoms with Gasteiger partial charge in [0.05, 0.1) is 11.4 Å². The molecule has 2 aromatic rings.